The first kappa shape index (κ1) is 25.2. The molecule has 8 heteroatoms. The molecule has 33 heavy (non-hydrogen) atoms. The van der Waals surface area contributed by atoms with Gasteiger partial charge in [-0.05, 0) is 49.9 Å². The van der Waals surface area contributed by atoms with Crippen molar-refractivity contribution < 1.29 is 9.13 Å². The molecule has 0 spiro atoms. The molecule has 3 rings (SSSR count). The van der Waals surface area contributed by atoms with Crippen molar-refractivity contribution in [1.82, 2.24) is 14.1 Å². The molecule has 0 aromatic carbocycles. The van der Waals surface area contributed by atoms with Gasteiger partial charge in [-0.15, -0.1) is 0 Å². The third-order valence-electron chi connectivity index (χ3n) is 6.05. The van der Waals surface area contributed by atoms with Gasteiger partial charge in [0.15, 0.2) is 0 Å². The maximum atomic E-state index is 15.0. The lowest BCUT2D eigenvalue weighted by Crippen LogP contribution is -2.26. The van der Waals surface area contributed by atoms with Crippen molar-refractivity contribution in [3.8, 4) is 0 Å². The van der Waals surface area contributed by atoms with Crippen LogP contribution < -0.4 is 11.3 Å². The zero-order chi connectivity index (χ0) is 24.5. The maximum Gasteiger partial charge on any atom is 0.274 e. The number of anilines is 1. The predicted molar refractivity (Wildman–Crippen MR) is 136 cm³/mol. The molecule has 0 atom stereocenters. The zero-order valence-electron chi connectivity index (χ0n) is 21.0. The minimum absolute atomic E-state index is 0.206. The Morgan fingerprint density at radius 1 is 1.18 bits per heavy atom. The molecule has 180 valence electrons. The van der Waals surface area contributed by atoms with Crippen LogP contribution in [0, 0.1) is 25.6 Å². The molecular formula is C25H37FN4O2Si. The van der Waals surface area contributed by atoms with E-state index in [2.05, 4.69) is 38.5 Å². The molecule has 3 aromatic heterocycles. The molecule has 0 amide bonds. The van der Waals surface area contributed by atoms with E-state index in [1.54, 1.807) is 10.6 Å². The van der Waals surface area contributed by atoms with E-state index >= 15 is 0 Å². The lowest BCUT2D eigenvalue weighted by molar-refractivity contribution is 0.0880. The second-order valence-electron chi connectivity index (χ2n) is 10.5. The Hall–Kier alpha value is -2.45. The number of ether oxygens (including phenoxy) is 1. The molecule has 0 radical (unpaired) electrons. The van der Waals surface area contributed by atoms with Gasteiger partial charge in [-0.1, -0.05) is 33.5 Å². The van der Waals surface area contributed by atoms with E-state index in [1.807, 2.05) is 24.5 Å². The number of hydrogen-bond acceptors (Lipinski definition) is 4. The number of pyridine rings is 2. The summed E-state index contributed by atoms with van der Waals surface area (Å²) in [5.74, 6) is -0.0234. The topological polar surface area (TPSA) is 75.1 Å². The summed E-state index contributed by atoms with van der Waals surface area (Å²) in [6.07, 6.45) is 1.91. The Morgan fingerprint density at radius 2 is 1.88 bits per heavy atom. The summed E-state index contributed by atoms with van der Waals surface area (Å²) in [4.78, 5) is 17.2. The van der Waals surface area contributed by atoms with Gasteiger partial charge in [0.2, 0.25) is 0 Å². The monoisotopic (exact) mass is 472 g/mol. The zero-order valence-corrected chi connectivity index (χ0v) is 22.0. The molecule has 0 aliphatic rings. The van der Waals surface area contributed by atoms with Gasteiger partial charge in [-0.25, -0.2) is 4.39 Å². The van der Waals surface area contributed by atoms with Crippen molar-refractivity contribution in [1.29, 1.82) is 0 Å². The predicted octanol–water partition coefficient (Wildman–Crippen LogP) is 5.10. The van der Waals surface area contributed by atoms with Crippen molar-refractivity contribution in [2.75, 3.05) is 12.3 Å². The van der Waals surface area contributed by atoms with Crippen LogP contribution in [0.15, 0.2) is 23.1 Å². The van der Waals surface area contributed by atoms with Crippen LogP contribution in [-0.2, 0) is 24.4 Å². The van der Waals surface area contributed by atoms with Gasteiger partial charge in [-0.3, -0.25) is 9.78 Å². The highest BCUT2D eigenvalue weighted by Gasteiger charge is 2.23. The minimum atomic E-state index is -1.25. The lowest BCUT2D eigenvalue weighted by atomic mass is 10.0. The number of hydrogen-bond donors (Lipinski definition) is 1. The van der Waals surface area contributed by atoms with Crippen molar-refractivity contribution in [2.24, 2.45) is 5.92 Å². The smallest absolute Gasteiger partial charge is 0.274 e. The Labute approximate surface area is 196 Å². The van der Waals surface area contributed by atoms with Crippen molar-refractivity contribution in [3.05, 3.63) is 57.0 Å². The number of nitrogen functional groups attached to an aromatic ring is 1. The molecule has 3 aromatic rings. The van der Waals surface area contributed by atoms with E-state index in [1.165, 1.54) is 6.20 Å². The van der Waals surface area contributed by atoms with Gasteiger partial charge < -0.3 is 19.6 Å². The van der Waals surface area contributed by atoms with E-state index in [4.69, 9.17) is 10.5 Å². The Bertz CT molecular complexity index is 1210. The molecule has 2 N–H and O–H groups in total. The largest absolute Gasteiger partial charge is 0.394 e. The number of nitrogens with two attached hydrogens (primary N) is 1. The fourth-order valence-electron chi connectivity index (χ4n) is 4.07. The van der Waals surface area contributed by atoms with E-state index in [9.17, 15) is 9.18 Å². The summed E-state index contributed by atoms with van der Waals surface area (Å²) < 4.78 is 24.8. The summed E-state index contributed by atoms with van der Waals surface area (Å²) in [5, 5.41) is 0. The van der Waals surface area contributed by atoms with Gasteiger partial charge >= 0.3 is 0 Å². The van der Waals surface area contributed by atoms with Crippen LogP contribution in [0.3, 0.4) is 0 Å². The van der Waals surface area contributed by atoms with Crippen LogP contribution in [0.5, 0.6) is 0 Å². The fourth-order valence-corrected chi connectivity index (χ4v) is 4.83. The standard InChI is InChI=1S/C25H37FN4O2Si/c1-16(2)12-19-20(26)13-28-23-18(4)22(14-29-17(3)8-9-21(27)25(29)31)30(24(19)23)15-32-10-11-33(5,6)7/h8-9,13,16H,10-12,14-15,27H2,1-7H3. The van der Waals surface area contributed by atoms with Crippen molar-refractivity contribution in [3.63, 3.8) is 0 Å². The molecule has 6 nitrogen and oxygen atoms in total. The van der Waals surface area contributed by atoms with Gasteiger partial charge in [-0.2, -0.15) is 0 Å². The second-order valence-corrected chi connectivity index (χ2v) is 16.2. The molecular weight excluding hydrogens is 435 g/mol. The summed E-state index contributed by atoms with van der Waals surface area (Å²) in [6.45, 7) is 16.2. The first-order valence-corrected chi connectivity index (χ1v) is 15.3. The molecule has 0 aliphatic heterocycles. The van der Waals surface area contributed by atoms with Crippen LogP contribution in [0.2, 0.25) is 25.7 Å². The second kappa shape index (κ2) is 9.81. The van der Waals surface area contributed by atoms with Crippen LogP contribution in [-0.4, -0.2) is 28.8 Å². The Kier molecular flexibility index (Phi) is 7.48. The summed E-state index contributed by atoms with van der Waals surface area (Å²) in [6, 6.07) is 4.51. The average molecular weight is 473 g/mol. The van der Waals surface area contributed by atoms with E-state index in [-0.39, 0.29) is 29.7 Å². The first-order chi connectivity index (χ1) is 15.4. The average Bonchev–Trinajstić information content (AvgIpc) is 2.98. The van der Waals surface area contributed by atoms with Gasteiger partial charge in [0.05, 0.1) is 29.5 Å². The molecule has 0 bridgehead atoms. The highest BCUT2D eigenvalue weighted by Crippen LogP contribution is 2.30. The number of aryl methyl sites for hydroxylation is 2. The fraction of sp³-hybridized carbons (Fsp3) is 0.520. The summed E-state index contributed by atoms with van der Waals surface area (Å²) in [5.41, 5.74) is 10.7. The van der Waals surface area contributed by atoms with Gasteiger partial charge in [0.1, 0.15) is 12.5 Å². The van der Waals surface area contributed by atoms with Crippen molar-refractivity contribution >= 4 is 24.8 Å². The molecule has 0 saturated heterocycles. The maximum absolute atomic E-state index is 15.0. The lowest BCUT2D eigenvalue weighted by Gasteiger charge is -2.19. The SMILES string of the molecule is Cc1c(Cn2c(C)ccc(N)c2=O)n(COCC[Si](C)(C)C)c2c(CC(C)C)c(F)cnc12. The Balaban J connectivity index is 2.16. The van der Waals surface area contributed by atoms with Gasteiger partial charge in [0.25, 0.3) is 5.56 Å². The molecule has 0 fully saturated rings. The van der Waals surface area contributed by atoms with E-state index < -0.39 is 8.07 Å². The van der Waals surface area contributed by atoms with Crippen LogP contribution >= 0.6 is 0 Å². The third kappa shape index (κ3) is 5.55. The minimum Gasteiger partial charge on any atom is -0.394 e. The number of aromatic nitrogens is 3. The summed E-state index contributed by atoms with van der Waals surface area (Å²) in [7, 11) is -1.25. The first-order valence-electron chi connectivity index (χ1n) is 11.6. The number of halogens is 1. The molecule has 0 saturated carbocycles. The molecule has 0 aliphatic carbocycles. The van der Waals surface area contributed by atoms with Gasteiger partial charge in [0, 0.05) is 31.6 Å². The highest BCUT2D eigenvalue weighted by atomic mass is 28.3. The summed E-state index contributed by atoms with van der Waals surface area (Å²) >= 11 is 0. The van der Waals surface area contributed by atoms with Crippen LogP contribution in [0.25, 0.3) is 11.0 Å². The third-order valence-corrected chi connectivity index (χ3v) is 7.75. The number of rotatable bonds is 9. The van der Waals surface area contributed by atoms with Crippen LogP contribution in [0.4, 0.5) is 10.1 Å². The van der Waals surface area contributed by atoms with E-state index in [0.717, 1.165) is 34.0 Å². The Morgan fingerprint density at radius 3 is 2.52 bits per heavy atom. The number of fused-ring (bicyclic) bond motifs is 1. The quantitative estimate of drug-likeness (QED) is 0.347. The highest BCUT2D eigenvalue weighted by molar-refractivity contribution is 6.76. The normalized spacial score (nSPS) is 12.3. The van der Waals surface area contributed by atoms with E-state index in [0.29, 0.717) is 25.1 Å². The molecule has 3 heterocycles. The number of nitrogens with zero attached hydrogens (tertiary/aromatic N) is 3. The van der Waals surface area contributed by atoms with Crippen LogP contribution in [0.1, 0.15) is 36.4 Å². The molecule has 0 unspecified atom stereocenters. The van der Waals surface area contributed by atoms with Crippen molar-refractivity contribution in [2.45, 2.75) is 73.1 Å².